The number of benzene rings is 1. The highest BCUT2D eigenvalue weighted by atomic mass is 35.5. The number of halogens is 1. The van der Waals surface area contributed by atoms with Gasteiger partial charge in [0, 0.05) is 24.2 Å². The van der Waals surface area contributed by atoms with Crippen LogP contribution in [0.15, 0.2) is 30.3 Å². The molecule has 2 rings (SSSR count). The first-order chi connectivity index (χ1) is 9.10. The van der Waals surface area contributed by atoms with Crippen LogP contribution in [-0.4, -0.2) is 23.2 Å². The van der Waals surface area contributed by atoms with E-state index in [1.807, 2.05) is 0 Å². The number of hydrogen-bond donors (Lipinski definition) is 2. The predicted octanol–water partition coefficient (Wildman–Crippen LogP) is 1.86. The van der Waals surface area contributed by atoms with Crippen molar-refractivity contribution in [3.63, 3.8) is 0 Å². The molecular formula is C12H11ClN4O2. The Morgan fingerprint density at radius 3 is 2.74 bits per heavy atom. The molecule has 1 aromatic heterocycles. The van der Waals surface area contributed by atoms with E-state index in [4.69, 9.17) is 22.1 Å². The average molecular weight is 279 g/mol. The van der Waals surface area contributed by atoms with E-state index in [1.165, 1.54) is 19.2 Å². The van der Waals surface area contributed by atoms with Gasteiger partial charge in [-0.15, -0.1) is 10.2 Å². The summed E-state index contributed by atoms with van der Waals surface area (Å²) in [6.07, 6.45) is 0. The summed E-state index contributed by atoms with van der Waals surface area (Å²) >= 11 is 5.84. The van der Waals surface area contributed by atoms with E-state index in [1.54, 1.807) is 18.2 Å². The van der Waals surface area contributed by atoms with E-state index >= 15 is 0 Å². The van der Waals surface area contributed by atoms with Crippen molar-refractivity contribution in [2.75, 3.05) is 12.8 Å². The summed E-state index contributed by atoms with van der Waals surface area (Å²) in [5.74, 6) is 0.289. The zero-order valence-corrected chi connectivity index (χ0v) is 10.8. The van der Waals surface area contributed by atoms with Gasteiger partial charge in [-0.05, 0) is 18.2 Å². The lowest BCUT2D eigenvalue weighted by Crippen LogP contribution is -2.19. The van der Waals surface area contributed by atoms with E-state index in [0.29, 0.717) is 16.5 Å². The Labute approximate surface area is 114 Å². The number of nitrogens with two attached hydrogens (primary N) is 1. The lowest BCUT2D eigenvalue weighted by molar-refractivity contribution is 0.0957. The van der Waals surface area contributed by atoms with Gasteiger partial charge in [0.25, 0.3) is 5.91 Å². The van der Waals surface area contributed by atoms with Crippen molar-refractivity contribution in [1.29, 1.82) is 0 Å². The standard InChI is InChI=1S/C12H11ClN4O2/c1-15-12(18)9-4-5-11(17-16-9)19-10-6-7(13)2-3-8(10)14/h2-6H,14H2,1H3,(H,15,18). The minimum absolute atomic E-state index is 0.203. The molecule has 0 aliphatic rings. The van der Waals surface area contributed by atoms with Crippen molar-refractivity contribution in [3.8, 4) is 11.6 Å². The Hall–Kier alpha value is -2.34. The van der Waals surface area contributed by atoms with Gasteiger partial charge in [-0.1, -0.05) is 11.6 Å². The molecule has 0 spiro atoms. The van der Waals surface area contributed by atoms with Crippen LogP contribution in [0.25, 0.3) is 0 Å². The average Bonchev–Trinajstić information content (AvgIpc) is 2.43. The Balaban J connectivity index is 2.19. The number of ether oxygens (including phenoxy) is 1. The van der Waals surface area contributed by atoms with E-state index in [2.05, 4.69) is 15.5 Å². The molecule has 0 fully saturated rings. The number of rotatable bonds is 3. The summed E-state index contributed by atoms with van der Waals surface area (Å²) in [7, 11) is 1.51. The summed E-state index contributed by atoms with van der Waals surface area (Å²) in [5, 5.41) is 10.5. The topological polar surface area (TPSA) is 90.1 Å². The fourth-order valence-electron chi connectivity index (χ4n) is 1.33. The second-order valence-electron chi connectivity index (χ2n) is 3.62. The van der Waals surface area contributed by atoms with Crippen LogP contribution in [0.4, 0.5) is 5.69 Å². The van der Waals surface area contributed by atoms with Crippen molar-refractivity contribution < 1.29 is 9.53 Å². The third kappa shape index (κ3) is 3.11. The van der Waals surface area contributed by atoms with Crippen LogP contribution in [0.2, 0.25) is 5.02 Å². The van der Waals surface area contributed by atoms with Gasteiger partial charge in [0.05, 0.1) is 5.69 Å². The third-order valence-corrected chi connectivity index (χ3v) is 2.53. The summed E-state index contributed by atoms with van der Waals surface area (Å²) in [4.78, 5) is 11.3. The minimum atomic E-state index is -0.318. The van der Waals surface area contributed by atoms with Crippen molar-refractivity contribution in [3.05, 3.63) is 41.0 Å². The summed E-state index contributed by atoms with van der Waals surface area (Å²) in [5.41, 5.74) is 6.38. The first-order valence-corrected chi connectivity index (χ1v) is 5.76. The van der Waals surface area contributed by atoms with E-state index < -0.39 is 0 Å². The van der Waals surface area contributed by atoms with Crippen LogP contribution in [0.1, 0.15) is 10.5 Å². The van der Waals surface area contributed by atoms with Gasteiger partial charge >= 0.3 is 0 Å². The van der Waals surface area contributed by atoms with Crippen molar-refractivity contribution in [1.82, 2.24) is 15.5 Å². The van der Waals surface area contributed by atoms with E-state index in [0.717, 1.165) is 0 Å². The Bertz CT molecular complexity index is 601. The first-order valence-electron chi connectivity index (χ1n) is 5.39. The van der Waals surface area contributed by atoms with Gasteiger partial charge in [-0.2, -0.15) is 0 Å². The van der Waals surface area contributed by atoms with Gasteiger partial charge in [-0.25, -0.2) is 0 Å². The second-order valence-corrected chi connectivity index (χ2v) is 4.06. The molecule has 0 saturated heterocycles. The van der Waals surface area contributed by atoms with Crippen LogP contribution in [-0.2, 0) is 0 Å². The highest BCUT2D eigenvalue weighted by Gasteiger charge is 2.08. The number of carbonyl (C=O) groups excluding carboxylic acids is 1. The number of nitrogen functional groups attached to an aromatic ring is 1. The molecule has 19 heavy (non-hydrogen) atoms. The van der Waals surface area contributed by atoms with E-state index in [-0.39, 0.29) is 17.5 Å². The predicted molar refractivity (Wildman–Crippen MR) is 71.4 cm³/mol. The molecule has 0 unspecified atom stereocenters. The first kappa shape index (κ1) is 13.1. The smallest absolute Gasteiger partial charge is 0.271 e. The number of aromatic nitrogens is 2. The number of amides is 1. The van der Waals surface area contributed by atoms with Crippen molar-refractivity contribution in [2.24, 2.45) is 0 Å². The van der Waals surface area contributed by atoms with Crippen LogP contribution >= 0.6 is 11.6 Å². The molecule has 6 nitrogen and oxygen atoms in total. The van der Waals surface area contributed by atoms with E-state index in [9.17, 15) is 4.79 Å². The van der Waals surface area contributed by atoms with Crippen LogP contribution in [0.3, 0.4) is 0 Å². The van der Waals surface area contributed by atoms with Crippen LogP contribution in [0.5, 0.6) is 11.6 Å². The molecule has 0 radical (unpaired) electrons. The number of nitrogens with one attached hydrogen (secondary N) is 1. The molecule has 0 saturated carbocycles. The maximum Gasteiger partial charge on any atom is 0.271 e. The van der Waals surface area contributed by atoms with Crippen LogP contribution in [0, 0.1) is 0 Å². The second kappa shape index (κ2) is 5.53. The monoisotopic (exact) mass is 278 g/mol. The molecule has 0 bridgehead atoms. The largest absolute Gasteiger partial charge is 0.435 e. The molecule has 2 aromatic rings. The summed E-state index contributed by atoms with van der Waals surface area (Å²) < 4.78 is 5.44. The van der Waals surface area contributed by atoms with Gasteiger partial charge in [-0.3, -0.25) is 4.79 Å². The minimum Gasteiger partial charge on any atom is -0.435 e. The van der Waals surface area contributed by atoms with Gasteiger partial charge in [0.1, 0.15) is 0 Å². The molecule has 1 aromatic carbocycles. The van der Waals surface area contributed by atoms with Gasteiger partial charge in [0.2, 0.25) is 5.88 Å². The van der Waals surface area contributed by atoms with Crippen molar-refractivity contribution in [2.45, 2.75) is 0 Å². The highest BCUT2D eigenvalue weighted by Crippen LogP contribution is 2.28. The van der Waals surface area contributed by atoms with Gasteiger partial charge in [0.15, 0.2) is 11.4 Å². The summed E-state index contributed by atoms with van der Waals surface area (Å²) in [6, 6.07) is 7.89. The number of carbonyl (C=O) groups is 1. The number of nitrogens with zero attached hydrogens (tertiary/aromatic N) is 2. The Morgan fingerprint density at radius 1 is 1.32 bits per heavy atom. The molecule has 98 valence electrons. The van der Waals surface area contributed by atoms with Crippen LogP contribution < -0.4 is 15.8 Å². The number of anilines is 1. The Morgan fingerprint density at radius 2 is 2.11 bits per heavy atom. The highest BCUT2D eigenvalue weighted by molar-refractivity contribution is 6.30. The maximum absolute atomic E-state index is 11.3. The van der Waals surface area contributed by atoms with Crippen molar-refractivity contribution >= 4 is 23.2 Å². The fourth-order valence-corrected chi connectivity index (χ4v) is 1.49. The molecule has 0 atom stereocenters. The maximum atomic E-state index is 11.3. The SMILES string of the molecule is CNC(=O)c1ccc(Oc2cc(Cl)ccc2N)nn1. The summed E-state index contributed by atoms with van der Waals surface area (Å²) in [6.45, 7) is 0. The quantitative estimate of drug-likeness (QED) is 0.837. The number of hydrogen-bond acceptors (Lipinski definition) is 5. The molecule has 1 amide bonds. The molecule has 7 heteroatoms. The fraction of sp³-hybridized carbons (Fsp3) is 0.0833. The Kier molecular flexibility index (Phi) is 3.82. The molecule has 1 heterocycles. The normalized spacial score (nSPS) is 10.0. The zero-order chi connectivity index (χ0) is 13.8. The zero-order valence-electron chi connectivity index (χ0n) is 10.1. The molecular weight excluding hydrogens is 268 g/mol. The molecule has 0 aliphatic heterocycles. The third-order valence-electron chi connectivity index (χ3n) is 2.29. The molecule has 3 N–H and O–H groups in total. The van der Waals surface area contributed by atoms with Gasteiger partial charge < -0.3 is 15.8 Å². The molecule has 0 aliphatic carbocycles. The lowest BCUT2D eigenvalue weighted by Gasteiger charge is -2.07. The lowest BCUT2D eigenvalue weighted by atomic mass is 10.3.